The lowest BCUT2D eigenvalue weighted by Crippen LogP contribution is -2.37. The van der Waals surface area contributed by atoms with Crippen LogP contribution in [-0.4, -0.2) is 33.8 Å². The van der Waals surface area contributed by atoms with Crippen molar-refractivity contribution in [2.45, 2.75) is 45.8 Å². The summed E-state index contributed by atoms with van der Waals surface area (Å²) in [6.07, 6.45) is 0. The molecule has 0 saturated carbocycles. The fourth-order valence-corrected chi connectivity index (χ4v) is 1.89. The van der Waals surface area contributed by atoms with Crippen LogP contribution in [0.3, 0.4) is 0 Å². The van der Waals surface area contributed by atoms with Crippen LogP contribution in [0.1, 0.15) is 27.7 Å². The molecule has 0 rings (SSSR count). The molecule has 0 bridgehead atoms. The molecule has 0 heterocycles. The predicted molar refractivity (Wildman–Crippen MR) is 59.0 cm³/mol. The van der Waals surface area contributed by atoms with Crippen LogP contribution in [0.15, 0.2) is 0 Å². The quantitative estimate of drug-likeness (QED) is 0.612. The summed E-state index contributed by atoms with van der Waals surface area (Å²) in [5, 5.41) is 0. The van der Waals surface area contributed by atoms with E-state index in [0.29, 0.717) is 12.1 Å². The average molecular weight is 196 g/mol. The maximum Gasteiger partial charge on any atom is 0.00442 e. The van der Waals surface area contributed by atoms with Gasteiger partial charge in [0.05, 0.1) is 0 Å². The maximum absolute atomic E-state index is 2.55. The van der Waals surface area contributed by atoms with Crippen molar-refractivity contribution in [2.75, 3.05) is 6.54 Å². The molecule has 0 amide bonds. The van der Waals surface area contributed by atoms with Crippen LogP contribution in [0.2, 0.25) is 6.04 Å². The van der Waals surface area contributed by atoms with E-state index >= 15 is 0 Å². The molecule has 0 unspecified atom stereocenters. The second-order valence-corrected chi connectivity index (χ2v) is 4.43. The predicted octanol–water partition coefficient (Wildman–Crippen LogP) is 1.31. The van der Waals surface area contributed by atoms with Crippen LogP contribution in [0.5, 0.6) is 0 Å². The van der Waals surface area contributed by atoms with Gasteiger partial charge in [0.25, 0.3) is 0 Å². The van der Waals surface area contributed by atoms with Gasteiger partial charge in [-0.1, -0.05) is 6.04 Å². The van der Waals surface area contributed by atoms with Gasteiger partial charge in [-0.15, -0.1) is 12.4 Å². The molecule has 0 aliphatic rings. The topological polar surface area (TPSA) is 3.24 Å². The minimum absolute atomic E-state index is 0. The van der Waals surface area contributed by atoms with Gasteiger partial charge in [-0.25, -0.2) is 0 Å². The second-order valence-electron chi connectivity index (χ2n) is 3.43. The second kappa shape index (κ2) is 7.13. The Morgan fingerprint density at radius 2 is 1.45 bits per heavy atom. The number of hydrogen-bond acceptors (Lipinski definition) is 1. The molecule has 1 nitrogen and oxygen atoms in total. The first-order valence-electron chi connectivity index (χ1n) is 4.35. The number of halogens is 1. The van der Waals surface area contributed by atoms with Crippen molar-refractivity contribution in [1.29, 1.82) is 0 Å². The van der Waals surface area contributed by atoms with Crippen LogP contribution in [0.25, 0.3) is 0 Å². The summed E-state index contributed by atoms with van der Waals surface area (Å²) in [5.74, 6) is 0. The number of rotatable bonds is 4. The molecule has 0 radical (unpaired) electrons. The van der Waals surface area contributed by atoms with Gasteiger partial charge < -0.3 is 0 Å². The molecule has 11 heavy (non-hydrogen) atoms. The molecule has 3 heteroatoms. The van der Waals surface area contributed by atoms with Gasteiger partial charge in [0.1, 0.15) is 0 Å². The lowest BCUT2D eigenvalue weighted by Gasteiger charge is -2.29. The zero-order valence-corrected chi connectivity index (χ0v) is 11.2. The Hall–Kier alpha value is 0.467. The van der Waals surface area contributed by atoms with Gasteiger partial charge in [0.15, 0.2) is 0 Å². The Morgan fingerprint density at radius 1 is 1.09 bits per heavy atom. The van der Waals surface area contributed by atoms with Crippen molar-refractivity contribution in [3.63, 3.8) is 0 Å². The first-order chi connectivity index (χ1) is 4.59. The van der Waals surface area contributed by atoms with E-state index in [4.69, 9.17) is 0 Å². The lowest BCUT2D eigenvalue weighted by atomic mass is 10.2. The monoisotopic (exact) mass is 195 g/mol. The van der Waals surface area contributed by atoms with E-state index in [1.807, 2.05) is 0 Å². The first-order valence-corrected chi connectivity index (χ1v) is 5.76. The first kappa shape index (κ1) is 14.0. The Bertz CT molecular complexity index is 78.2. The largest absolute Gasteiger partial charge is 0.299 e. The number of nitrogens with zero attached hydrogens (tertiary/aromatic N) is 1. The van der Waals surface area contributed by atoms with Crippen molar-refractivity contribution in [3.05, 3.63) is 0 Å². The van der Waals surface area contributed by atoms with Gasteiger partial charge in [0, 0.05) is 22.3 Å². The third-order valence-corrected chi connectivity index (χ3v) is 2.26. The standard InChI is InChI=1S/C8H21NSi.ClH/c1-7(2)9(5-6-10)8(3)4;/h7-8H,5-6H2,1-4,10H3;1H. The summed E-state index contributed by atoms with van der Waals surface area (Å²) in [4.78, 5) is 2.55. The van der Waals surface area contributed by atoms with Gasteiger partial charge in [0.2, 0.25) is 0 Å². The fourth-order valence-electron chi connectivity index (χ4n) is 1.37. The summed E-state index contributed by atoms with van der Waals surface area (Å²) >= 11 is 0. The molecular formula is C8H22ClNSi. The highest BCUT2D eigenvalue weighted by Gasteiger charge is 2.10. The van der Waals surface area contributed by atoms with E-state index in [2.05, 4.69) is 32.6 Å². The maximum atomic E-state index is 2.55. The molecule has 70 valence electrons. The third-order valence-electron chi connectivity index (χ3n) is 1.81. The van der Waals surface area contributed by atoms with Crippen molar-refractivity contribution in [2.24, 2.45) is 0 Å². The van der Waals surface area contributed by atoms with Crippen LogP contribution < -0.4 is 0 Å². The van der Waals surface area contributed by atoms with Gasteiger partial charge in [-0.05, 0) is 34.2 Å². The summed E-state index contributed by atoms with van der Waals surface area (Å²) in [6.45, 7) is 10.4. The molecular weight excluding hydrogens is 174 g/mol. The van der Waals surface area contributed by atoms with Crippen LogP contribution in [-0.2, 0) is 0 Å². The van der Waals surface area contributed by atoms with E-state index in [1.54, 1.807) is 0 Å². The summed E-state index contributed by atoms with van der Waals surface area (Å²) in [6, 6.07) is 2.83. The van der Waals surface area contributed by atoms with Gasteiger partial charge >= 0.3 is 0 Å². The van der Waals surface area contributed by atoms with Gasteiger partial charge in [-0.2, -0.15) is 0 Å². The molecule has 0 N–H and O–H groups in total. The van der Waals surface area contributed by atoms with E-state index in [1.165, 1.54) is 22.8 Å². The summed E-state index contributed by atoms with van der Waals surface area (Å²) in [7, 11) is 1.34. The molecule has 0 atom stereocenters. The summed E-state index contributed by atoms with van der Waals surface area (Å²) < 4.78 is 0. The van der Waals surface area contributed by atoms with Crippen molar-refractivity contribution in [3.8, 4) is 0 Å². The minimum atomic E-state index is 0. The zero-order chi connectivity index (χ0) is 8.15. The highest BCUT2D eigenvalue weighted by atomic mass is 35.5. The highest BCUT2D eigenvalue weighted by molar-refractivity contribution is 6.08. The average Bonchev–Trinajstić information content (AvgIpc) is 1.81. The van der Waals surface area contributed by atoms with Crippen LogP contribution >= 0.6 is 12.4 Å². The molecule has 0 aliphatic carbocycles. The molecule has 0 saturated heterocycles. The van der Waals surface area contributed by atoms with Crippen molar-refractivity contribution >= 4 is 22.6 Å². The highest BCUT2D eigenvalue weighted by Crippen LogP contribution is 2.04. The number of hydrogen-bond donors (Lipinski definition) is 0. The van der Waals surface area contributed by atoms with Crippen LogP contribution in [0, 0.1) is 0 Å². The SMILES string of the molecule is CC(C)N(CC[SiH3])C(C)C.Cl. The molecule has 0 aromatic rings. The molecule has 0 aromatic carbocycles. The fraction of sp³-hybridized carbons (Fsp3) is 1.00. The molecule has 0 fully saturated rings. The Balaban J connectivity index is 0. The lowest BCUT2D eigenvalue weighted by molar-refractivity contribution is 0.185. The van der Waals surface area contributed by atoms with E-state index in [-0.39, 0.29) is 12.4 Å². The van der Waals surface area contributed by atoms with E-state index in [0.717, 1.165) is 0 Å². The Kier molecular flexibility index (Phi) is 9.09. The van der Waals surface area contributed by atoms with Crippen LogP contribution in [0.4, 0.5) is 0 Å². The Labute approximate surface area is 80.4 Å². The smallest absolute Gasteiger partial charge is 0.00442 e. The van der Waals surface area contributed by atoms with E-state index in [9.17, 15) is 0 Å². The molecule has 0 aromatic heterocycles. The van der Waals surface area contributed by atoms with Crippen molar-refractivity contribution < 1.29 is 0 Å². The van der Waals surface area contributed by atoms with Crippen molar-refractivity contribution in [1.82, 2.24) is 4.90 Å². The summed E-state index contributed by atoms with van der Waals surface area (Å²) in [5.41, 5.74) is 0. The Morgan fingerprint density at radius 3 is 1.55 bits per heavy atom. The molecule has 0 aliphatic heterocycles. The normalized spacial score (nSPS) is 11.2. The minimum Gasteiger partial charge on any atom is -0.299 e. The van der Waals surface area contributed by atoms with E-state index < -0.39 is 0 Å². The zero-order valence-electron chi connectivity index (χ0n) is 8.42. The third kappa shape index (κ3) is 5.71. The molecule has 0 spiro atoms. The van der Waals surface area contributed by atoms with Gasteiger partial charge in [-0.3, -0.25) is 4.90 Å².